The van der Waals surface area contributed by atoms with E-state index < -0.39 is 0 Å². The fraction of sp³-hybridized carbons (Fsp3) is 0.0526. The minimum absolute atomic E-state index is 0.0943. The molecule has 0 aliphatic carbocycles. The van der Waals surface area contributed by atoms with E-state index in [1.165, 1.54) is 4.52 Å². The molecule has 4 nitrogen and oxygen atoms in total. The second kappa shape index (κ2) is 5.57. The molecule has 0 spiro atoms. The first kappa shape index (κ1) is 13.5. The number of aromatic amines is 1. The molecule has 2 aromatic carbocycles. The Morgan fingerprint density at radius 1 is 0.957 bits per heavy atom. The predicted molar refractivity (Wildman–Crippen MR) is 90.5 cm³/mol. The lowest BCUT2D eigenvalue weighted by molar-refractivity contribution is 0.881. The van der Waals surface area contributed by atoms with E-state index in [1.807, 2.05) is 66.9 Å². The Kier molecular flexibility index (Phi) is 3.27. The highest BCUT2D eigenvalue weighted by molar-refractivity contribution is 5.76. The van der Waals surface area contributed by atoms with Gasteiger partial charge in [0.2, 0.25) is 0 Å². The Morgan fingerprint density at radius 2 is 1.65 bits per heavy atom. The minimum atomic E-state index is -0.0943. The van der Waals surface area contributed by atoms with Gasteiger partial charge < -0.3 is 0 Å². The number of aromatic nitrogens is 3. The van der Waals surface area contributed by atoms with Crippen LogP contribution in [0, 0.1) is 0 Å². The largest absolute Gasteiger partial charge is 0.296 e. The van der Waals surface area contributed by atoms with Crippen molar-refractivity contribution >= 4 is 5.65 Å². The summed E-state index contributed by atoms with van der Waals surface area (Å²) in [6, 6.07) is 21.6. The van der Waals surface area contributed by atoms with Crippen LogP contribution in [-0.4, -0.2) is 14.6 Å². The summed E-state index contributed by atoms with van der Waals surface area (Å²) < 4.78 is 1.48. The van der Waals surface area contributed by atoms with Gasteiger partial charge in [0.25, 0.3) is 5.56 Å². The number of fused-ring (bicyclic) bond motifs is 1. The number of hydrogen-bond donors (Lipinski definition) is 1. The number of H-pyrrole nitrogens is 1. The van der Waals surface area contributed by atoms with E-state index in [0.29, 0.717) is 12.1 Å². The second-order valence-corrected chi connectivity index (χ2v) is 5.46. The normalized spacial score (nSPS) is 11.0. The third-order valence-electron chi connectivity index (χ3n) is 3.86. The third kappa shape index (κ3) is 2.55. The van der Waals surface area contributed by atoms with Gasteiger partial charge in [-0.3, -0.25) is 9.89 Å². The van der Waals surface area contributed by atoms with E-state index in [4.69, 9.17) is 4.98 Å². The SMILES string of the molecule is O=c1cc(Cc2ccccc2)nc2c(-c3ccccc3)c[nH]n12. The molecule has 4 heteroatoms. The highest BCUT2D eigenvalue weighted by Crippen LogP contribution is 2.22. The Hall–Kier alpha value is -3.14. The van der Waals surface area contributed by atoms with Gasteiger partial charge in [-0.1, -0.05) is 60.7 Å². The van der Waals surface area contributed by atoms with Crippen molar-refractivity contribution in [3.8, 4) is 11.1 Å². The fourth-order valence-corrected chi connectivity index (χ4v) is 2.75. The lowest BCUT2D eigenvalue weighted by Crippen LogP contribution is -2.15. The van der Waals surface area contributed by atoms with Crippen molar-refractivity contribution in [1.82, 2.24) is 14.6 Å². The van der Waals surface area contributed by atoms with Crippen LogP contribution in [0.5, 0.6) is 0 Å². The summed E-state index contributed by atoms with van der Waals surface area (Å²) in [6.45, 7) is 0. The molecule has 0 fully saturated rings. The van der Waals surface area contributed by atoms with Gasteiger partial charge in [-0.05, 0) is 11.1 Å². The summed E-state index contributed by atoms with van der Waals surface area (Å²) in [7, 11) is 0. The van der Waals surface area contributed by atoms with Gasteiger partial charge >= 0.3 is 0 Å². The number of nitrogens with zero attached hydrogens (tertiary/aromatic N) is 2. The zero-order chi connectivity index (χ0) is 15.6. The molecular weight excluding hydrogens is 286 g/mol. The summed E-state index contributed by atoms with van der Waals surface area (Å²) in [5.74, 6) is 0. The van der Waals surface area contributed by atoms with Gasteiger partial charge in [-0.15, -0.1) is 0 Å². The fourth-order valence-electron chi connectivity index (χ4n) is 2.75. The monoisotopic (exact) mass is 301 g/mol. The zero-order valence-electron chi connectivity index (χ0n) is 12.4. The van der Waals surface area contributed by atoms with Crippen molar-refractivity contribution in [3.63, 3.8) is 0 Å². The van der Waals surface area contributed by atoms with Crippen LogP contribution in [0.15, 0.2) is 77.7 Å². The maximum atomic E-state index is 12.3. The topological polar surface area (TPSA) is 50.2 Å². The van der Waals surface area contributed by atoms with Crippen LogP contribution in [0.25, 0.3) is 16.8 Å². The lowest BCUT2D eigenvalue weighted by atomic mass is 10.1. The van der Waals surface area contributed by atoms with Crippen LogP contribution < -0.4 is 5.56 Å². The molecule has 0 aliphatic rings. The van der Waals surface area contributed by atoms with Gasteiger partial charge in [0.15, 0.2) is 5.65 Å². The Morgan fingerprint density at radius 3 is 2.39 bits per heavy atom. The number of benzene rings is 2. The maximum Gasteiger partial charge on any atom is 0.272 e. The molecule has 2 heterocycles. The Bertz CT molecular complexity index is 1000. The van der Waals surface area contributed by atoms with Crippen LogP contribution in [0.1, 0.15) is 11.3 Å². The van der Waals surface area contributed by atoms with E-state index in [0.717, 1.165) is 22.4 Å². The van der Waals surface area contributed by atoms with E-state index in [2.05, 4.69) is 5.10 Å². The van der Waals surface area contributed by atoms with Crippen molar-refractivity contribution in [1.29, 1.82) is 0 Å². The van der Waals surface area contributed by atoms with Crippen molar-refractivity contribution in [2.24, 2.45) is 0 Å². The highest BCUT2D eigenvalue weighted by atomic mass is 16.1. The van der Waals surface area contributed by atoms with Crippen LogP contribution in [0.4, 0.5) is 0 Å². The molecule has 0 unspecified atom stereocenters. The molecule has 0 aliphatic heterocycles. The Balaban J connectivity index is 1.84. The quantitative estimate of drug-likeness (QED) is 0.631. The molecule has 2 aromatic heterocycles. The van der Waals surface area contributed by atoms with Crippen LogP contribution >= 0.6 is 0 Å². The van der Waals surface area contributed by atoms with Crippen molar-refractivity contribution < 1.29 is 0 Å². The average Bonchev–Trinajstić information content (AvgIpc) is 3.01. The zero-order valence-corrected chi connectivity index (χ0v) is 12.4. The van der Waals surface area contributed by atoms with Gasteiger partial charge in [0.1, 0.15) is 0 Å². The number of rotatable bonds is 3. The smallest absolute Gasteiger partial charge is 0.272 e. The standard InChI is InChI=1S/C19H15N3O/c23-18-12-16(11-14-7-3-1-4-8-14)21-19-17(13-20-22(18)19)15-9-5-2-6-10-15/h1-10,12-13,20H,11H2. The number of hydrogen-bond acceptors (Lipinski definition) is 2. The van der Waals surface area contributed by atoms with Crippen molar-refractivity contribution in [2.75, 3.05) is 0 Å². The molecule has 0 radical (unpaired) electrons. The molecule has 112 valence electrons. The molecule has 4 aromatic rings. The van der Waals surface area contributed by atoms with E-state index in [9.17, 15) is 4.79 Å². The highest BCUT2D eigenvalue weighted by Gasteiger charge is 2.10. The minimum Gasteiger partial charge on any atom is -0.296 e. The first-order valence-corrected chi connectivity index (χ1v) is 7.51. The van der Waals surface area contributed by atoms with Gasteiger partial charge in [-0.2, -0.15) is 0 Å². The number of nitrogens with one attached hydrogen (secondary N) is 1. The summed E-state index contributed by atoms with van der Waals surface area (Å²) >= 11 is 0. The van der Waals surface area contributed by atoms with Gasteiger partial charge in [0.05, 0.1) is 5.69 Å². The van der Waals surface area contributed by atoms with Gasteiger partial charge in [-0.25, -0.2) is 9.50 Å². The molecule has 1 N–H and O–H groups in total. The summed E-state index contributed by atoms with van der Waals surface area (Å²) in [4.78, 5) is 17.0. The van der Waals surface area contributed by atoms with Gasteiger partial charge in [0, 0.05) is 24.2 Å². The first-order chi connectivity index (χ1) is 11.3. The van der Waals surface area contributed by atoms with Crippen LogP contribution in [0.2, 0.25) is 0 Å². The van der Waals surface area contributed by atoms with Crippen molar-refractivity contribution in [2.45, 2.75) is 6.42 Å². The average molecular weight is 301 g/mol. The lowest BCUT2D eigenvalue weighted by Gasteiger charge is -2.03. The Labute approximate surface area is 133 Å². The summed E-state index contributed by atoms with van der Waals surface area (Å²) in [6.07, 6.45) is 2.47. The second-order valence-electron chi connectivity index (χ2n) is 5.46. The molecule has 0 saturated carbocycles. The molecule has 23 heavy (non-hydrogen) atoms. The van der Waals surface area contributed by atoms with Crippen LogP contribution in [0.3, 0.4) is 0 Å². The molecule has 0 amide bonds. The molecule has 0 atom stereocenters. The summed E-state index contributed by atoms with van der Waals surface area (Å²) in [5.41, 5.74) is 4.45. The third-order valence-corrected chi connectivity index (χ3v) is 3.86. The van der Waals surface area contributed by atoms with E-state index in [-0.39, 0.29) is 5.56 Å². The first-order valence-electron chi connectivity index (χ1n) is 7.51. The van der Waals surface area contributed by atoms with E-state index in [1.54, 1.807) is 6.07 Å². The van der Waals surface area contributed by atoms with Crippen LogP contribution in [-0.2, 0) is 6.42 Å². The van der Waals surface area contributed by atoms with Crippen molar-refractivity contribution in [3.05, 3.63) is 94.5 Å². The molecular formula is C19H15N3O. The van der Waals surface area contributed by atoms with E-state index >= 15 is 0 Å². The summed E-state index contributed by atoms with van der Waals surface area (Å²) in [5, 5.41) is 2.99. The predicted octanol–water partition coefficient (Wildman–Crippen LogP) is 3.28. The molecule has 0 saturated heterocycles. The molecule has 4 rings (SSSR count). The molecule has 0 bridgehead atoms. The maximum absolute atomic E-state index is 12.3.